The van der Waals surface area contributed by atoms with E-state index in [0.717, 1.165) is 0 Å². The van der Waals surface area contributed by atoms with E-state index >= 15 is 0 Å². The first-order valence-electron chi connectivity index (χ1n) is 4.71. The van der Waals surface area contributed by atoms with Gasteiger partial charge in [0, 0.05) is 11.1 Å². The second kappa shape index (κ2) is 3.51. The van der Waals surface area contributed by atoms with Gasteiger partial charge < -0.3 is 16.6 Å². The molecule has 1 unspecified atom stereocenters. The van der Waals surface area contributed by atoms with Crippen molar-refractivity contribution in [1.29, 1.82) is 0 Å². The van der Waals surface area contributed by atoms with Crippen molar-refractivity contribution >= 4 is 5.97 Å². The summed E-state index contributed by atoms with van der Waals surface area (Å²) in [5, 5.41) is 9.20. The van der Waals surface area contributed by atoms with Crippen LogP contribution < -0.4 is 11.5 Å². The standard InChI is InChI=1S/C10H22N2O2/c1-8(2,11)6-10(5,7(13)14)9(3,4)12/h6,11-12H2,1-5H3,(H,13,14). The predicted octanol–water partition coefficient (Wildman–Crippen LogP) is 0.942. The van der Waals surface area contributed by atoms with Crippen LogP contribution in [0.25, 0.3) is 0 Å². The molecule has 0 saturated heterocycles. The third kappa shape index (κ3) is 2.96. The van der Waals surface area contributed by atoms with E-state index < -0.39 is 22.5 Å². The average molecular weight is 202 g/mol. The van der Waals surface area contributed by atoms with Gasteiger partial charge in [-0.3, -0.25) is 4.79 Å². The van der Waals surface area contributed by atoms with Crippen LogP contribution in [-0.4, -0.2) is 22.2 Å². The Balaban J connectivity index is 5.04. The Labute approximate surface area is 85.7 Å². The van der Waals surface area contributed by atoms with E-state index in [1.165, 1.54) is 0 Å². The van der Waals surface area contributed by atoms with Crippen molar-refractivity contribution in [3.05, 3.63) is 0 Å². The fourth-order valence-corrected chi connectivity index (χ4v) is 1.49. The van der Waals surface area contributed by atoms with Gasteiger partial charge in [0.25, 0.3) is 0 Å². The van der Waals surface area contributed by atoms with Crippen LogP contribution in [0.3, 0.4) is 0 Å². The molecular weight excluding hydrogens is 180 g/mol. The zero-order valence-corrected chi connectivity index (χ0v) is 9.72. The lowest BCUT2D eigenvalue weighted by atomic mass is 9.67. The first-order chi connectivity index (χ1) is 5.90. The summed E-state index contributed by atoms with van der Waals surface area (Å²) >= 11 is 0. The maximum absolute atomic E-state index is 11.2. The third-order valence-electron chi connectivity index (χ3n) is 2.70. The minimum absolute atomic E-state index is 0.346. The first kappa shape index (κ1) is 13.4. The van der Waals surface area contributed by atoms with Crippen molar-refractivity contribution < 1.29 is 9.90 Å². The number of carboxylic acids is 1. The minimum Gasteiger partial charge on any atom is -0.481 e. The van der Waals surface area contributed by atoms with E-state index in [-0.39, 0.29) is 0 Å². The molecule has 0 spiro atoms. The number of rotatable bonds is 4. The van der Waals surface area contributed by atoms with Crippen molar-refractivity contribution in [2.75, 3.05) is 0 Å². The van der Waals surface area contributed by atoms with Gasteiger partial charge in [0.2, 0.25) is 0 Å². The normalized spacial score (nSPS) is 17.6. The Hall–Kier alpha value is -0.610. The molecule has 0 saturated carbocycles. The van der Waals surface area contributed by atoms with Crippen LogP contribution in [0.15, 0.2) is 0 Å². The first-order valence-corrected chi connectivity index (χ1v) is 4.71. The summed E-state index contributed by atoms with van der Waals surface area (Å²) in [7, 11) is 0. The number of hydrogen-bond donors (Lipinski definition) is 3. The fourth-order valence-electron chi connectivity index (χ4n) is 1.49. The molecule has 0 aliphatic heterocycles. The summed E-state index contributed by atoms with van der Waals surface area (Å²) in [4.78, 5) is 11.2. The van der Waals surface area contributed by atoms with Crippen LogP contribution in [0.4, 0.5) is 0 Å². The van der Waals surface area contributed by atoms with E-state index in [4.69, 9.17) is 11.5 Å². The smallest absolute Gasteiger partial charge is 0.311 e. The molecule has 0 bridgehead atoms. The molecule has 5 N–H and O–H groups in total. The van der Waals surface area contributed by atoms with Gasteiger partial charge in [-0.1, -0.05) is 0 Å². The Morgan fingerprint density at radius 1 is 1.14 bits per heavy atom. The van der Waals surface area contributed by atoms with Crippen molar-refractivity contribution in [3.63, 3.8) is 0 Å². The maximum atomic E-state index is 11.2. The fraction of sp³-hybridized carbons (Fsp3) is 0.900. The second-order valence-corrected chi connectivity index (χ2v) is 5.52. The summed E-state index contributed by atoms with van der Waals surface area (Å²) in [5.41, 5.74) is 9.38. The molecule has 14 heavy (non-hydrogen) atoms. The maximum Gasteiger partial charge on any atom is 0.311 e. The Bertz CT molecular complexity index is 225. The molecule has 0 aromatic heterocycles. The van der Waals surface area contributed by atoms with Gasteiger partial charge in [-0.2, -0.15) is 0 Å². The molecule has 0 aromatic rings. The van der Waals surface area contributed by atoms with Gasteiger partial charge in [-0.05, 0) is 41.0 Å². The molecule has 1 atom stereocenters. The van der Waals surface area contributed by atoms with Gasteiger partial charge in [0.05, 0.1) is 5.41 Å². The highest BCUT2D eigenvalue weighted by Crippen LogP contribution is 2.36. The molecular formula is C10H22N2O2. The summed E-state index contributed by atoms with van der Waals surface area (Å²) in [6, 6.07) is 0. The van der Waals surface area contributed by atoms with Gasteiger partial charge in [0.1, 0.15) is 0 Å². The zero-order valence-electron chi connectivity index (χ0n) is 9.72. The molecule has 4 nitrogen and oxygen atoms in total. The van der Waals surface area contributed by atoms with Crippen molar-refractivity contribution in [1.82, 2.24) is 0 Å². The van der Waals surface area contributed by atoms with Crippen molar-refractivity contribution in [3.8, 4) is 0 Å². The van der Waals surface area contributed by atoms with Crippen molar-refractivity contribution in [2.45, 2.75) is 52.1 Å². The summed E-state index contributed by atoms with van der Waals surface area (Å²) < 4.78 is 0. The highest BCUT2D eigenvalue weighted by molar-refractivity contribution is 5.76. The zero-order chi connectivity index (χ0) is 11.8. The quantitative estimate of drug-likeness (QED) is 0.633. The lowest BCUT2D eigenvalue weighted by molar-refractivity contribution is -0.153. The molecule has 0 radical (unpaired) electrons. The molecule has 0 fully saturated rings. The number of carbonyl (C=O) groups is 1. The molecule has 0 rings (SSSR count). The Morgan fingerprint density at radius 3 is 1.57 bits per heavy atom. The lowest BCUT2D eigenvalue weighted by Gasteiger charge is -2.41. The summed E-state index contributed by atoms with van der Waals surface area (Å²) in [5.74, 6) is -0.900. The molecule has 84 valence electrons. The number of hydrogen-bond acceptors (Lipinski definition) is 3. The topological polar surface area (TPSA) is 89.3 Å². The Kier molecular flexibility index (Phi) is 3.36. The van der Waals surface area contributed by atoms with E-state index in [0.29, 0.717) is 6.42 Å². The lowest BCUT2D eigenvalue weighted by Crippen LogP contribution is -2.57. The predicted molar refractivity (Wildman–Crippen MR) is 56.9 cm³/mol. The van der Waals surface area contributed by atoms with Crippen LogP contribution in [0.5, 0.6) is 0 Å². The summed E-state index contributed by atoms with van der Waals surface area (Å²) in [6.45, 7) is 8.68. The highest BCUT2D eigenvalue weighted by Gasteiger charge is 2.47. The van der Waals surface area contributed by atoms with Gasteiger partial charge in [-0.25, -0.2) is 0 Å². The van der Waals surface area contributed by atoms with Crippen LogP contribution in [0.2, 0.25) is 0 Å². The largest absolute Gasteiger partial charge is 0.481 e. The van der Waals surface area contributed by atoms with Crippen molar-refractivity contribution in [2.24, 2.45) is 16.9 Å². The van der Waals surface area contributed by atoms with Crippen LogP contribution >= 0.6 is 0 Å². The third-order valence-corrected chi connectivity index (χ3v) is 2.70. The van der Waals surface area contributed by atoms with Crippen LogP contribution in [-0.2, 0) is 4.79 Å². The second-order valence-electron chi connectivity index (χ2n) is 5.52. The monoisotopic (exact) mass is 202 g/mol. The van der Waals surface area contributed by atoms with Gasteiger partial charge in [0.15, 0.2) is 0 Å². The highest BCUT2D eigenvalue weighted by atomic mass is 16.4. The number of carboxylic acid groups (broad SMARTS) is 1. The van der Waals surface area contributed by atoms with Crippen LogP contribution in [0.1, 0.15) is 41.0 Å². The average Bonchev–Trinajstić information content (AvgIpc) is 1.79. The summed E-state index contributed by atoms with van der Waals surface area (Å²) in [6.07, 6.45) is 0.346. The molecule has 0 aromatic carbocycles. The Morgan fingerprint density at radius 2 is 1.50 bits per heavy atom. The SMILES string of the molecule is CC(C)(N)CC(C)(C(=O)O)C(C)(C)N. The molecule has 4 heteroatoms. The molecule has 0 aliphatic rings. The van der Waals surface area contributed by atoms with Gasteiger partial charge >= 0.3 is 5.97 Å². The molecule has 0 amide bonds. The van der Waals surface area contributed by atoms with E-state index in [1.807, 2.05) is 0 Å². The van der Waals surface area contributed by atoms with E-state index in [9.17, 15) is 9.90 Å². The van der Waals surface area contributed by atoms with Gasteiger partial charge in [-0.15, -0.1) is 0 Å². The van der Waals surface area contributed by atoms with E-state index in [1.54, 1.807) is 34.6 Å². The minimum atomic E-state index is -1.01. The molecule has 0 heterocycles. The number of aliphatic carboxylic acids is 1. The van der Waals surface area contributed by atoms with Crippen LogP contribution in [0, 0.1) is 5.41 Å². The van der Waals surface area contributed by atoms with E-state index in [2.05, 4.69) is 0 Å². The molecule has 0 aliphatic carbocycles. The number of nitrogens with two attached hydrogens (primary N) is 2.